The maximum Gasteiger partial charge on any atom is 0.220 e. The summed E-state index contributed by atoms with van der Waals surface area (Å²) < 4.78 is 10.9. The van der Waals surface area contributed by atoms with Crippen LogP contribution in [-0.2, 0) is 11.3 Å². The predicted octanol–water partition coefficient (Wildman–Crippen LogP) is 4.64. The summed E-state index contributed by atoms with van der Waals surface area (Å²) in [6, 6.07) is 11.8. The first-order valence-corrected chi connectivity index (χ1v) is 11.1. The Morgan fingerprint density at radius 1 is 1.16 bits per heavy atom. The minimum Gasteiger partial charge on any atom is -0.497 e. The molecule has 1 aliphatic heterocycles. The fraction of sp³-hybridized carbons (Fsp3) is 0.520. The first-order chi connectivity index (χ1) is 15.0. The Kier molecular flexibility index (Phi) is 10.3. The Morgan fingerprint density at radius 3 is 2.50 bits per heavy atom. The van der Waals surface area contributed by atoms with Crippen LogP contribution in [-0.4, -0.2) is 43.1 Å². The second kappa shape index (κ2) is 12.7. The molecule has 1 atom stereocenters. The van der Waals surface area contributed by atoms with Crippen molar-refractivity contribution in [2.45, 2.75) is 45.7 Å². The maximum absolute atomic E-state index is 12.5. The number of nitrogens with zero attached hydrogens (tertiary/aromatic N) is 2. The molecule has 1 saturated heterocycles. The van der Waals surface area contributed by atoms with Gasteiger partial charge in [0.15, 0.2) is 0 Å². The molecule has 32 heavy (non-hydrogen) atoms. The highest BCUT2D eigenvalue weighted by Gasteiger charge is 2.30. The van der Waals surface area contributed by atoms with E-state index >= 15 is 0 Å². The Hall–Kier alpha value is -2.31. The Bertz CT molecular complexity index is 840. The maximum atomic E-state index is 12.5. The lowest BCUT2D eigenvalue weighted by atomic mass is 9.87. The van der Waals surface area contributed by atoms with Crippen LogP contribution in [0.3, 0.4) is 0 Å². The summed E-state index contributed by atoms with van der Waals surface area (Å²) in [6.45, 7) is 6.89. The second-order valence-electron chi connectivity index (χ2n) is 8.69. The minimum absolute atomic E-state index is 0. The van der Waals surface area contributed by atoms with Crippen molar-refractivity contribution in [3.05, 3.63) is 53.9 Å². The van der Waals surface area contributed by atoms with E-state index in [4.69, 9.17) is 9.47 Å². The lowest BCUT2D eigenvalue weighted by Gasteiger charge is -2.36. The van der Waals surface area contributed by atoms with Crippen molar-refractivity contribution in [1.29, 1.82) is 0 Å². The third-order valence-corrected chi connectivity index (χ3v) is 5.90. The van der Waals surface area contributed by atoms with Gasteiger partial charge in [-0.3, -0.25) is 14.7 Å². The molecule has 1 aliphatic rings. The predicted molar refractivity (Wildman–Crippen MR) is 129 cm³/mol. The molecular weight excluding hydrogens is 426 g/mol. The van der Waals surface area contributed by atoms with Crippen LogP contribution in [0, 0.1) is 11.8 Å². The van der Waals surface area contributed by atoms with Crippen molar-refractivity contribution in [2.24, 2.45) is 11.8 Å². The molecular formula is C25H36ClN3O3. The number of nitrogens with one attached hydrogen (secondary N) is 1. The number of ether oxygens (including phenoxy) is 2. The fourth-order valence-electron chi connectivity index (χ4n) is 4.29. The van der Waals surface area contributed by atoms with Crippen molar-refractivity contribution in [2.75, 3.05) is 27.3 Å². The fourth-order valence-corrected chi connectivity index (χ4v) is 4.29. The highest BCUT2D eigenvalue weighted by Crippen LogP contribution is 2.32. The van der Waals surface area contributed by atoms with E-state index in [2.05, 4.69) is 29.0 Å². The summed E-state index contributed by atoms with van der Waals surface area (Å²) in [5.41, 5.74) is 2.08. The number of methoxy groups -OCH3 is 2. The Morgan fingerprint density at radius 2 is 1.91 bits per heavy atom. The zero-order valence-corrected chi connectivity index (χ0v) is 20.4. The topological polar surface area (TPSA) is 63.7 Å². The van der Waals surface area contributed by atoms with Gasteiger partial charge >= 0.3 is 0 Å². The number of amides is 1. The molecule has 7 heteroatoms. The van der Waals surface area contributed by atoms with Crippen molar-refractivity contribution < 1.29 is 14.3 Å². The summed E-state index contributed by atoms with van der Waals surface area (Å²) in [5, 5.41) is 3.28. The van der Waals surface area contributed by atoms with Gasteiger partial charge in [-0.1, -0.05) is 19.9 Å². The average molecular weight is 462 g/mol. The molecule has 0 bridgehead atoms. The molecule has 1 fully saturated rings. The number of likely N-dealkylation sites (tertiary alicyclic amines) is 1. The van der Waals surface area contributed by atoms with E-state index in [1.807, 2.05) is 36.4 Å². The molecule has 2 heterocycles. The van der Waals surface area contributed by atoms with Crippen molar-refractivity contribution in [3.8, 4) is 11.5 Å². The highest BCUT2D eigenvalue weighted by molar-refractivity contribution is 5.85. The number of piperidine rings is 1. The van der Waals surface area contributed by atoms with E-state index in [0.717, 1.165) is 55.2 Å². The Labute approximate surface area is 198 Å². The van der Waals surface area contributed by atoms with Gasteiger partial charge in [-0.25, -0.2) is 0 Å². The van der Waals surface area contributed by atoms with Gasteiger partial charge in [-0.05, 0) is 68.1 Å². The van der Waals surface area contributed by atoms with Crippen molar-refractivity contribution in [3.63, 3.8) is 0 Å². The summed E-state index contributed by atoms with van der Waals surface area (Å²) in [5.74, 6) is 2.54. The van der Waals surface area contributed by atoms with Gasteiger partial charge in [-0.15, -0.1) is 12.4 Å². The standard InChI is InChI=1S/C25H35N3O3.ClH/c1-18(2)15-24(29)27-25(22-7-5-6-12-26-22)19-10-13-28(14-11-19)17-20-16-21(30-3)8-9-23(20)31-4;/h5-9,12,16,18-19,25H,10-11,13-15,17H2,1-4H3,(H,27,29);1H. The number of halogens is 1. The number of carbonyl (C=O) groups excluding carboxylic acids is 1. The molecule has 0 saturated carbocycles. The number of hydrogen-bond donors (Lipinski definition) is 1. The number of aromatic nitrogens is 1. The van der Waals surface area contributed by atoms with Gasteiger partial charge in [0, 0.05) is 24.7 Å². The summed E-state index contributed by atoms with van der Waals surface area (Å²) in [6.07, 6.45) is 4.36. The van der Waals surface area contributed by atoms with E-state index in [-0.39, 0.29) is 24.4 Å². The van der Waals surface area contributed by atoms with E-state index in [0.29, 0.717) is 18.3 Å². The van der Waals surface area contributed by atoms with Crippen LogP contribution in [0.2, 0.25) is 0 Å². The number of benzene rings is 1. The third-order valence-electron chi connectivity index (χ3n) is 5.90. The van der Waals surface area contributed by atoms with Crippen LogP contribution in [0.15, 0.2) is 42.6 Å². The van der Waals surface area contributed by atoms with Gasteiger partial charge in [0.1, 0.15) is 11.5 Å². The van der Waals surface area contributed by atoms with E-state index in [1.54, 1.807) is 20.4 Å². The van der Waals surface area contributed by atoms with Crippen LogP contribution in [0.1, 0.15) is 50.4 Å². The van der Waals surface area contributed by atoms with Crippen molar-refractivity contribution in [1.82, 2.24) is 15.2 Å². The molecule has 1 N–H and O–H groups in total. The number of hydrogen-bond acceptors (Lipinski definition) is 5. The molecule has 1 aromatic carbocycles. The van der Waals surface area contributed by atoms with Crippen LogP contribution in [0.25, 0.3) is 0 Å². The molecule has 1 unspecified atom stereocenters. The van der Waals surface area contributed by atoms with Crippen LogP contribution < -0.4 is 14.8 Å². The second-order valence-corrected chi connectivity index (χ2v) is 8.69. The lowest BCUT2D eigenvalue weighted by Crippen LogP contribution is -2.41. The molecule has 6 nitrogen and oxygen atoms in total. The van der Waals surface area contributed by atoms with Gasteiger partial charge in [0.2, 0.25) is 5.91 Å². The smallest absolute Gasteiger partial charge is 0.220 e. The van der Waals surface area contributed by atoms with Gasteiger partial charge in [0.25, 0.3) is 0 Å². The quantitative estimate of drug-likeness (QED) is 0.589. The SMILES string of the molecule is COc1ccc(OC)c(CN2CCC(C(NC(=O)CC(C)C)c3ccccn3)CC2)c1.Cl. The molecule has 0 radical (unpaired) electrons. The molecule has 3 rings (SSSR count). The van der Waals surface area contributed by atoms with E-state index in [1.165, 1.54) is 0 Å². The number of rotatable bonds is 9. The van der Waals surface area contributed by atoms with E-state index < -0.39 is 0 Å². The van der Waals surface area contributed by atoms with Gasteiger partial charge in [0.05, 0.1) is 26.0 Å². The highest BCUT2D eigenvalue weighted by atomic mass is 35.5. The van der Waals surface area contributed by atoms with E-state index in [9.17, 15) is 4.79 Å². The zero-order valence-electron chi connectivity index (χ0n) is 19.5. The van der Waals surface area contributed by atoms with Crippen LogP contribution >= 0.6 is 12.4 Å². The molecule has 2 aromatic rings. The number of pyridine rings is 1. The third kappa shape index (κ3) is 7.10. The first kappa shape index (κ1) is 25.9. The largest absolute Gasteiger partial charge is 0.497 e. The summed E-state index contributed by atoms with van der Waals surface area (Å²) in [4.78, 5) is 19.5. The van der Waals surface area contributed by atoms with Crippen molar-refractivity contribution >= 4 is 18.3 Å². The monoisotopic (exact) mass is 461 g/mol. The average Bonchev–Trinajstić information content (AvgIpc) is 2.78. The summed E-state index contributed by atoms with van der Waals surface area (Å²) in [7, 11) is 3.39. The lowest BCUT2D eigenvalue weighted by molar-refractivity contribution is -0.123. The zero-order chi connectivity index (χ0) is 22.2. The summed E-state index contributed by atoms with van der Waals surface area (Å²) >= 11 is 0. The van der Waals surface area contributed by atoms with Crippen LogP contribution in [0.4, 0.5) is 0 Å². The van der Waals surface area contributed by atoms with Gasteiger partial charge in [-0.2, -0.15) is 0 Å². The first-order valence-electron chi connectivity index (χ1n) is 11.1. The van der Waals surface area contributed by atoms with Crippen LogP contribution in [0.5, 0.6) is 11.5 Å². The molecule has 0 aliphatic carbocycles. The molecule has 176 valence electrons. The molecule has 0 spiro atoms. The van der Waals surface area contributed by atoms with Gasteiger partial charge < -0.3 is 14.8 Å². The Balaban J connectivity index is 0.00000363. The molecule has 1 aromatic heterocycles. The minimum atomic E-state index is -0.0408. The molecule has 1 amide bonds. The normalized spacial score (nSPS) is 15.7. The number of carbonyl (C=O) groups is 1.